The van der Waals surface area contributed by atoms with Gasteiger partial charge in [0, 0.05) is 18.7 Å². The van der Waals surface area contributed by atoms with E-state index < -0.39 is 7.37 Å². The highest BCUT2D eigenvalue weighted by Crippen LogP contribution is 2.47. The molecule has 0 saturated heterocycles. The third kappa shape index (κ3) is 4.54. The number of nitrogens with zero attached hydrogens (tertiary/aromatic N) is 1. The maximum atomic E-state index is 11.8. The average Bonchev–Trinajstić information content (AvgIpc) is 2.02. The van der Waals surface area contributed by atoms with E-state index in [0.717, 1.165) is 6.42 Å². The lowest BCUT2D eigenvalue weighted by Gasteiger charge is -2.14. The molecule has 0 aliphatic carbocycles. The van der Waals surface area contributed by atoms with Crippen LogP contribution in [0.3, 0.4) is 0 Å². The molecule has 3 nitrogen and oxygen atoms in total. The Labute approximate surface area is 74.2 Å². The Morgan fingerprint density at radius 1 is 1.42 bits per heavy atom. The van der Waals surface area contributed by atoms with Gasteiger partial charge in [-0.15, -0.1) is 0 Å². The van der Waals surface area contributed by atoms with Crippen molar-refractivity contribution in [2.24, 2.45) is 0 Å². The fraction of sp³-hybridized carbons (Fsp3) is 0.875. The molecule has 0 aliphatic heterocycles. The van der Waals surface area contributed by atoms with Gasteiger partial charge < -0.3 is 4.52 Å². The second-order valence-electron chi connectivity index (χ2n) is 2.59. The Morgan fingerprint density at radius 2 is 2.08 bits per heavy atom. The van der Waals surface area contributed by atoms with Gasteiger partial charge in [0.1, 0.15) is 0 Å². The van der Waals surface area contributed by atoms with E-state index in [9.17, 15) is 4.57 Å². The summed E-state index contributed by atoms with van der Waals surface area (Å²) in [5.41, 5.74) is 0. The maximum Gasteiger partial charge on any atom is 0.204 e. The minimum atomic E-state index is -2.46. The third-order valence-electron chi connectivity index (χ3n) is 1.49. The summed E-state index contributed by atoms with van der Waals surface area (Å²) in [6.07, 6.45) is 2.19. The van der Waals surface area contributed by atoms with E-state index in [1.807, 2.05) is 19.9 Å². The molecule has 0 spiro atoms. The van der Waals surface area contributed by atoms with E-state index in [1.54, 1.807) is 0 Å². The van der Waals surface area contributed by atoms with Crippen molar-refractivity contribution in [1.29, 1.82) is 5.26 Å². The molecule has 4 heteroatoms. The fourth-order valence-electron chi connectivity index (χ4n) is 1.04. The van der Waals surface area contributed by atoms with Gasteiger partial charge in [-0.1, -0.05) is 6.92 Å². The molecule has 0 aliphatic rings. The zero-order valence-electron chi connectivity index (χ0n) is 7.75. The third-order valence-corrected chi connectivity index (χ3v) is 4.26. The first kappa shape index (κ1) is 11.7. The molecular formula is C8H16NO2P. The Bertz CT molecular complexity index is 188. The first-order chi connectivity index (χ1) is 5.68. The first-order valence-corrected chi connectivity index (χ1v) is 6.27. The quantitative estimate of drug-likeness (QED) is 0.603. The monoisotopic (exact) mass is 189 g/mol. The zero-order chi connectivity index (χ0) is 9.45. The number of rotatable bonds is 6. The van der Waals surface area contributed by atoms with E-state index in [-0.39, 0.29) is 0 Å². The Hall–Kier alpha value is -0.320. The lowest BCUT2D eigenvalue weighted by atomic mass is 10.6. The molecule has 1 unspecified atom stereocenters. The van der Waals surface area contributed by atoms with E-state index in [1.165, 1.54) is 0 Å². The van der Waals surface area contributed by atoms with Gasteiger partial charge in [0.05, 0.1) is 12.7 Å². The molecule has 0 radical (unpaired) electrons. The summed E-state index contributed by atoms with van der Waals surface area (Å²) in [6, 6.07) is 1.99. The van der Waals surface area contributed by atoms with Gasteiger partial charge in [0.15, 0.2) is 0 Å². The summed E-state index contributed by atoms with van der Waals surface area (Å²) in [5, 5.41) is 8.34. The number of hydrogen-bond acceptors (Lipinski definition) is 3. The van der Waals surface area contributed by atoms with Crippen LogP contribution in [0.1, 0.15) is 26.7 Å². The van der Waals surface area contributed by atoms with Crippen molar-refractivity contribution >= 4 is 7.37 Å². The van der Waals surface area contributed by atoms with Crippen LogP contribution in [0.2, 0.25) is 0 Å². The smallest absolute Gasteiger partial charge is 0.204 e. The normalized spacial score (nSPS) is 15.1. The van der Waals surface area contributed by atoms with Crippen molar-refractivity contribution in [3.63, 3.8) is 0 Å². The average molecular weight is 189 g/mol. The molecule has 0 aromatic rings. The summed E-state index contributed by atoms with van der Waals surface area (Å²) >= 11 is 0. The highest BCUT2D eigenvalue weighted by atomic mass is 31.2. The van der Waals surface area contributed by atoms with Gasteiger partial charge in [-0.25, -0.2) is 0 Å². The second-order valence-corrected chi connectivity index (χ2v) is 5.37. The van der Waals surface area contributed by atoms with E-state index in [2.05, 4.69) is 0 Å². The van der Waals surface area contributed by atoms with Crippen LogP contribution >= 0.6 is 7.37 Å². The molecule has 70 valence electrons. The summed E-state index contributed by atoms with van der Waals surface area (Å²) in [6.45, 7) is 4.27. The molecule has 0 aromatic carbocycles. The van der Waals surface area contributed by atoms with Gasteiger partial charge in [-0.3, -0.25) is 4.57 Å². The maximum absolute atomic E-state index is 11.8. The molecule has 0 heterocycles. The lowest BCUT2D eigenvalue weighted by molar-refractivity contribution is 0.333. The largest absolute Gasteiger partial charge is 0.329 e. The van der Waals surface area contributed by atoms with Crippen LogP contribution in [-0.2, 0) is 9.09 Å². The fourth-order valence-corrected chi connectivity index (χ4v) is 3.11. The van der Waals surface area contributed by atoms with Crippen LogP contribution in [0.15, 0.2) is 0 Å². The SMILES string of the molecule is CCCP(=O)(CCC#N)OCC. The van der Waals surface area contributed by atoms with E-state index in [4.69, 9.17) is 9.79 Å². The van der Waals surface area contributed by atoms with Gasteiger partial charge in [0.2, 0.25) is 7.37 Å². The molecule has 0 aromatic heterocycles. The second kappa shape index (κ2) is 6.22. The first-order valence-electron chi connectivity index (χ1n) is 4.28. The summed E-state index contributed by atoms with van der Waals surface area (Å²) in [7, 11) is -2.46. The zero-order valence-corrected chi connectivity index (χ0v) is 8.64. The molecule has 1 atom stereocenters. The number of nitriles is 1. The van der Waals surface area contributed by atoms with E-state index >= 15 is 0 Å². The molecule has 0 N–H and O–H groups in total. The Morgan fingerprint density at radius 3 is 2.50 bits per heavy atom. The molecule has 0 bridgehead atoms. The van der Waals surface area contributed by atoms with Gasteiger partial charge in [0.25, 0.3) is 0 Å². The highest BCUT2D eigenvalue weighted by molar-refractivity contribution is 7.58. The predicted molar refractivity (Wildman–Crippen MR) is 49.5 cm³/mol. The van der Waals surface area contributed by atoms with Crippen molar-refractivity contribution in [3.05, 3.63) is 0 Å². The van der Waals surface area contributed by atoms with Crippen LogP contribution in [0, 0.1) is 11.3 Å². The van der Waals surface area contributed by atoms with Gasteiger partial charge >= 0.3 is 0 Å². The Balaban J connectivity index is 4.01. The van der Waals surface area contributed by atoms with Crippen molar-refractivity contribution in [2.75, 3.05) is 18.9 Å². The Kier molecular flexibility index (Phi) is 6.06. The van der Waals surface area contributed by atoms with Gasteiger partial charge in [-0.05, 0) is 13.3 Å². The number of hydrogen-bond donors (Lipinski definition) is 0. The molecule has 0 saturated carbocycles. The molecule has 0 amide bonds. The van der Waals surface area contributed by atoms with Crippen LogP contribution in [0.5, 0.6) is 0 Å². The molecule has 0 fully saturated rings. The summed E-state index contributed by atoms with van der Waals surface area (Å²) in [4.78, 5) is 0. The summed E-state index contributed by atoms with van der Waals surface area (Å²) in [5.74, 6) is 0. The topological polar surface area (TPSA) is 50.1 Å². The minimum absolute atomic E-state index is 0.331. The van der Waals surface area contributed by atoms with Crippen molar-refractivity contribution in [3.8, 4) is 6.07 Å². The van der Waals surface area contributed by atoms with Crippen molar-refractivity contribution in [2.45, 2.75) is 26.7 Å². The van der Waals surface area contributed by atoms with Crippen molar-refractivity contribution in [1.82, 2.24) is 0 Å². The predicted octanol–water partition coefficient (Wildman–Crippen LogP) is 2.62. The van der Waals surface area contributed by atoms with Gasteiger partial charge in [-0.2, -0.15) is 5.26 Å². The summed E-state index contributed by atoms with van der Waals surface area (Å²) < 4.78 is 17.0. The molecule has 0 rings (SSSR count). The molecular weight excluding hydrogens is 173 g/mol. The van der Waals surface area contributed by atoms with Crippen LogP contribution in [0.4, 0.5) is 0 Å². The standard InChI is InChI=1S/C8H16NO2P/c1-3-7-12(10,11-4-2)8-5-6-9/h3-5,7-8H2,1-2H3. The van der Waals surface area contributed by atoms with E-state index in [0.29, 0.717) is 25.4 Å². The highest BCUT2D eigenvalue weighted by Gasteiger charge is 2.20. The van der Waals surface area contributed by atoms with Crippen molar-refractivity contribution < 1.29 is 9.09 Å². The van der Waals surface area contributed by atoms with Crippen LogP contribution in [-0.4, -0.2) is 18.9 Å². The van der Waals surface area contributed by atoms with Crippen LogP contribution < -0.4 is 0 Å². The molecule has 12 heavy (non-hydrogen) atoms. The lowest BCUT2D eigenvalue weighted by Crippen LogP contribution is -1.99. The minimum Gasteiger partial charge on any atom is -0.329 e. The van der Waals surface area contributed by atoms with Crippen LogP contribution in [0.25, 0.3) is 0 Å².